The van der Waals surface area contributed by atoms with Gasteiger partial charge in [-0.15, -0.1) is 0 Å². The van der Waals surface area contributed by atoms with E-state index in [-0.39, 0.29) is 57.0 Å². The van der Waals surface area contributed by atoms with Gasteiger partial charge in [0.2, 0.25) is 19.6 Å². The Kier molecular flexibility index (Phi) is 29.3. The summed E-state index contributed by atoms with van der Waals surface area (Å²) in [5.74, 6) is -2.43. The summed E-state index contributed by atoms with van der Waals surface area (Å²) in [6, 6.07) is 38.4. The van der Waals surface area contributed by atoms with E-state index in [9.17, 15) is 27.6 Å². The second-order valence-corrected chi connectivity index (χ2v) is 35.9. The Morgan fingerprint density at radius 1 is 0.439 bits per heavy atom. The molecule has 18 rings (SSSR count). The summed E-state index contributed by atoms with van der Waals surface area (Å²) in [7, 11) is 0. The number of nitrogens with zero attached hydrogens (tertiary/aromatic N) is 20. The van der Waals surface area contributed by atoms with Crippen molar-refractivity contribution in [1.82, 2.24) is 54.4 Å². The number of carbonyl (C=O) groups is 3. The number of aromatic nitrogens is 6. The Bertz CT molecular complexity index is 5920. The van der Waals surface area contributed by atoms with Gasteiger partial charge in [-0.25, -0.2) is 32.9 Å². The molecular formula is C101H117F3N20O8. The number of hydrogen-bond donors (Lipinski definition) is 0. The standard InChI is InChI=1S/C35H42FN7O3.C34H40FN7O3.C32H35FN6O2/c1-23(2)40-16-17-45-28(20-40)22-46-35-38-30-21-41(31-11-7-10-26-9-6-8-24(3)32(26)31)13-12-29(30)33(39-35)42-14-15-43(34(44)25(4)36)27(19-42)18-37-5;1-5-39-16-17-44-27(20-39)22-45-34-37-29-21-40(30-11-7-10-25-9-6-8-23(2)31(25)30)13-12-28(29)32(38-34)41-14-15-42(33(43)24(3)35)26(19-41)18-36-4;1-21-7-4-10-24-11-6-12-28(29(21)24)37-14-13-26-27(19-37)35-32(41-20-23-8-5-9-23)36-30(26)38-15-16-39(31(40)22(2)33)25(18-38)17-34-3/h6-11,23,27-28H,4,12-22H2,1-3H3;6-11,26-27H,3,5,12-22H2,1-2H3;4,6-7,10-12,23,25H,2,5,8-9,13-20H2,1H3/t27-,28?;26-,27?;25-/m000/s1. The second-order valence-electron chi connectivity index (χ2n) is 35.9. The summed E-state index contributed by atoms with van der Waals surface area (Å²) in [5.41, 5.74) is 13.1. The Labute approximate surface area is 770 Å². The lowest BCUT2D eigenvalue weighted by Crippen LogP contribution is -2.57. The molecule has 3 amide bonds. The number of aryl methyl sites for hydroxylation is 3. The van der Waals surface area contributed by atoms with Gasteiger partial charge < -0.3 is 82.3 Å². The molecule has 11 heterocycles. The van der Waals surface area contributed by atoms with Gasteiger partial charge in [0.1, 0.15) is 61.0 Å². The lowest BCUT2D eigenvalue weighted by Gasteiger charge is -2.41. The molecule has 9 aromatic rings. The van der Waals surface area contributed by atoms with Gasteiger partial charge >= 0.3 is 18.0 Å². The number of benzene rings is 6. The van der Waals surface area contributed by atoms with Crippen LogP contribution in [0.4, 0.5) is 47.7 Å². The number of hydrogen-bond acceptors (Lipinski definition) is 22. The van der Waals surface area contributed by atoms with Gasteiger partial charge in [0.15, 0.2) is 17.5 Å². The lowest BCUT2D eigenvalue weighted by atomic mass is 9.86. The number of fused-ring (bicyclic) bond motifs is 6. The molecule has 0 N–H and O–H groups in total. The zero-order valence-corrected chi connectivity index (χ0v) is 76.4. The maximum atomic E-state index is 13.9. The first-order valence-corrected chi connectivity index (χ1v) is 46.2. The van der Waals surface area contributed by atoms with Crippen LogP contribution in [0.3, 0.4) is 0 Å². The average Bonchev–Trinajstić information content (AvgIpc) is 0.768. The Balaban J connectivity index is 0.000000145. The maximum Gasteiger partial charge on any atom is 0.318 e. The van der Waals surface area contributed by atoms with E-state index < -0.39 is 53.3 Å². The third-order valence-electron chi connectivity index (χ3n) is 27.1. The van der Waals surface area contributed by atoms with Crippen molar-refractivity contribution in [3.63, 3.8) is 0 Å². The minimum atomic E-state index is -1.01. The first-order valence-electron chi connectivity index (χ1n) is 46.2. The van der Waals surface area contributed by atoms with E-state index in [0.29, 0.717) is 116 Å². The monoisotopic (exact) mass is 1790 g/mol. The van der Waals surface area contributed by atoms with E-state index in [0.717, 1.165) is 123 Å². The van der Waals surface area contributed by atoms with Crippen molar-refractivity contribution in [2.45, 2.75) is 136 Å². The van der Waals surface area contributed by atoms with Crippen molar-refractivity contribution < 1.29 is 51.2 Å². The molecule has 3 aromatic heterocycles. The van der Waals surface area contributed by atoms with Crippen LogP contribution in [-0.4, -0.2) is 272 Å². The molecule has 31 heteroatoms. The van der Waals surface area contributed by atoms with Crippen molar-refractivity contribution in [1.29, 1.82) is 0 Å². The lowest BCUT2D eigenvalue weighted by molar-refractivity contribution is -0.131. The third-order valence-corrected chi connectivity index (χ3v) is 27.1. The maximum absolute atomic E-state index is 13.9. The zero-order valence-electron chi connectivity index (χ0n) is 76.4. The largest absolute Gasteiger partial charge is 0.463 e. The molecule has 0 bridgehead atoms. The van der Waals surface area contributed by atoms with Gasteiger partial charge in [-0.2, -0.15) is 29.9 Å². The van der Waals surface area contributed by atoms with Gasteiger partial charge in [-0.1, -0.05) is 124 Å². The summed E-state index contributed by atoms with van der Waals surface area (Å²) in [6.07, 6.45) is 5.59. The van der Waals surface area contributed by atoms with Crippen LogP contribution in [-0.2, 0) is 62.8 Å². The summed E-state index contributed by atoms with van der Waals surface area (Å²) in [5, 5.41) is 7.35. The molecule has 132 heavy (non-hydrogen) atoms. The van der Waals surface area contributed by atoms with Crippen molar-refractivity contribution in [3.8, 4) is 18.0 Å². The molecule has 690 valence electrons. The Morgan fingerprint density at radius 3 is 1.11 bits per heavy atom. The van der Waals surface area contributed by atoms with E-state index in [1.807, 2.05) is 0 Å². The van der Waals surface area contributed by atoms with Gasteiger partial charge in [-0.3, -0.25) is 24.2 Å². The summed E-state index contributed by atoms with van der Waals surface area (Å²) in [6.45, 7) is 59.5. The van der Waals surface area contributed by atoms with E-state index >= 15 is 0 Å². The smallest absolute Gasteiger partial charge is 0.318 e. The van der Waals surface area contributed by atoms with Crippen LogP contribution < -0.4 is 43.6 Å². The van der Waals surface area contributed by atoms with Crippen molar-refractivity contribution >= 4 is 84.6 Å². The summed E-state index contributed by atoms with van der Waals surface area (Å²) < 4.78 is 72.1. The fourth-order valence-electron chi connectivity index (χ4n) is 19.9. The highest BCUT2D eigenvalue weighted by Gasteiger charge is 2.42. The minimum Gasteiger partial charge on any atom is -0.463 e. The van der Waals surface area contributed by atoms with E-state index in [4.69, 9.17) is 73.3 Å². The molecule has 5 saturated heterocycles. The Hall–Kier alpha value is -12.7. The number of ether oxygens (including phenoxy) is 5. The quantitative estimate of drug-likeness (QED) is 0.0429. The number of halogens is 3. The molecule has 6 aromatic carbocycles. The number of piperazine rings is 3. The SMILES string of the molecule is [C-]#[N+]C[C@H]1CN(c2nc(OCC3CCC3)nc3c2CCN(c2cccc4cccc(C)c24)C3)CCN1C(=O)C(=C)F.[C-]#[N+]C[C@H]1CN(c2nc(OCC3CN(C(C)C)CCO3)nc3c2CCN(c2cccc4cccc(C)c24)C3)CCN1C(=O)C(=C)F.[C-]#[N+]C[C@H]1CN(c2nc(OCC3CN(CC)CCO3)nc3c2CCN(c2cccc4cccc(C)c24)C3)CCN1C(=O)C(=C)F. The number of anilines is 6. The molecule has 8 aliphatic heterocycles. The predicted octanol–water partition coefficient (Wildman–Crippen LogP) is 13.5. The molecule has 5 atom stereocenters. The molecule has 0 spiro atoms. The number of likely N-dealkylation sites (N-methyl/N-ethyl adjacent to an activating group) is 1. The van der Waals surface area contributed by atoms with Gasteiger partial charge in [0.05, 0.1) is 56.5 Å². The predicted molar refractivity (Wildman–Crippen MR) is 507 cm³/mol. The Morgan fingerprint density at radius 2 is 0.780 bits per heavy atom. The van der Waals surface area contributed by atoms with Gasteiger partial charge in [0, 0.05) is 161 Å². The van der Waals surface area contributed by atoms with Crippen LogP contribution >= 0.6 is 0 Å². The van der Waals surface area contributed by atoms with Crippen LogP contribution in [0.5, 0.6) is 18.0 Å². The van der Waals surface area contributed by atoms with Crippen LogP contribution in [0.2, 0.25) is 0 Å². The van der Waals surface area contributed by atoms with Crippen LogP contribution in [0.25, 0.3) is 46.9 Å². The number of carbonyl (C=O) groups excluding carboxylic acids is 3. The van der Waals surface area contributed by atoms with E-state index in [1.54, 1.807) is 0 Å². The highest BCUT2D eigenvalue weighted by atomic mass is 19.1. The molecule has 28 nitrogen and oxygen atoms in total. The summed E-state index contributed by atoms with van der Waals surface area (Å²) in [4.78, 5) is 100. The van der Waals surface area contributed by atoms with Gasteiger partial charge in [-0.05, 0) is 130 Å². The van der Waals surface area contributed by atoms with Crippen molar-refractivity contribution in [2.75, 3.05) is 193 Å². The van der Waals surface area contributed by atoms with E-state index in [1.165, 1.54) is 100 Å². The van der Waals surface area contributed by atoms with E-state index in [2.05, 4.69) is 224 Å². The minimum absolute atomic E-state index is 0.0612. The van der Waals surface area contributed by atoms with Crippen molar-refractivity contribution in [2.24, 2.45) is 5.92 Å². The fourth-order valence-corrected chi connectivity index (χ4v) is 19.9. The molecule has 1 aliphatic carbocycles. The topological polar surface area (TPSA) is 223 Å². The molecule has 6 fully saturated rings. The van der Waals surface area contributed by atoms with Crippen LogP contribution in [0.1, 0.15) is 90.5 Å². The zero-order chi connectivity index (χ0) is 92.4. The third kappa shape index (κ3) is 20.6. The molecular weight excluding hydrogens is 1680 g/mol. The highest BCUT2D eigenvalue weighted by Crippen LogP contribution is 2.42. The highest BCUT2D eigenvalue weighted by molar-refractivity contribution is 5.99. The fraction of sp³-hybridized carbons (Fsp3) is 0.465. The van der Waals surface area contributed by atoms with Gasteiger partial charge in [0.25, 0.3) is 17.7 Å². The number of rotatable bonds is 23. The van der Waals surface area contributed by atoms with Crippen LogP contribution in [0.15, 0.2) is 146 Å². The summed E-state index contributed by atoms with van der Waals surface area (Å²) >= 11 is 0. The normalized spacial score (nSPS) is 20.0. The molecule has 9 aliphatic rings. The van der Waals surface area contributed by atoms with Crippen molar-refractivity contribution in [3.05, 3.63) is 231 Å². The van der Waals surface area contributed by atoms with Crippen LogP contribution in [0, 0.1) is 46.4 Å². The number of morpholine rings is 2. The number of amides is 3. The first-order chi connectivity index (χ1) is 64.0. The molecule has 1 saturated carbocycles. The molecule has 2 unspecified atom stereocenters. The average molecular weight is 1800 g/mol. The second kappa shape index (κ2) is 41.8. The molecule has 0 radical (unpaired) electrons. The first kappa shape index (κ1) is 92.5.